The van der Waals surface area contributed by atoms with Gasteiger partial charge in [0.2, 0.25) is 0 Å². The zero-order valence-electron chi connectivity index (χ0n) is 15.0. The highest BCUT2D eigenvalue weighted by atomic mass is 32.2. The topological polar surface area (TPSA) is 63.0 Å². The molecule has 0 fully saturated rings. The summed E-state index contributed by atoms with van der Waals surface area (Å²) in [5.74, 6) is -0.370. The van der Waals surface area contributed by atoms with Gasteiger partial charge >= 0.3 is 5.97 Å². The quantitative estimate of drug-likeness (QED) is 0.351. The third-order valence-electron chi connectivity index (χ3n) is 2.56. The largest absolute Gasteiger partial charge is 0.448 e. The fourth-order valence-electron chi connectivity index (χ4n) is 1.55. The molecule has 0 spiro atoms. The van der Waals surface area contributed by atoms with Gasteiger partial charge in [-0.05, 0) is 53.7 Å². The van der Waals surface area contributed by atoms with E-state index in [9.17, 15) is 4.79 Å². The van der Waals surface area contributed by atoms with Crippen molar-refractivity contribution in [3.05, 3.63) is 35.9 Å². The Kier molecular flexibility index (Phi) is 7.35. The summed E-state index contributed by atoms with van der Waals surface area (Å²) in [6.07, 6.45) is 0. The van der Waals surface area contributed by atoms with Crippen LogP contribution in [0.4, 0.5) is 0 Å². The lowest BCUT2D eigenvalue weighted by molar-refractivity contribution is 0.0483. The van der Waals surface area contributed by atoms with Crippen LogP contribution in [0.1, 0.15) is 51.9 Å². The summed E-state index contributed by atoms with van der Waals surface area (Å²) < 4.78 is 5.88. The second-order valence-corrected chi connectivity index (χ2v) is 8.77. The van der Waals surface area contributed by atoms with Crippen LogP contribution >= 0.6 is 24.0 Å². The maximum absolute atomic E-state index is 12.0. The molecule has 0 saturated heterocycles. The summed E-state index contributed by atoms with van der Waals surface area (Å²) in [5.41, 5.74) is -0.761. The Morgan fingerprint density at radius 3 is 2.29 bits per heavy atom. The molecule has 0 aliphatic rings. The van der Waals surface area contributed by atoms with Crippen LogP contribution in [0.25, 0.3) is 0 Å². The molecule has 0 bridgehead atoms. The first kappa shape index (κ1) is 20.6. The molecule has 5 nitrogen and oxygen atoms in total. The van der Waals surface area contributed by atoms with E-state index in [-0.39, 0.29) is 11.5 Å². The molecule has 132 valence electrons. The van der Waals surface area contributed by atoms with Crippen molar-refractivity contribution in [2.45, 2.75) is 58.2 Å². The number of ether oxygens (including phenoxy) is 1. The maximum atomic E-state index is 12.0. The third-order valence-corrected chi connectivity index (χ3v) is 3.70. The average molecular weight is 368 g/mol. The summed E-state index contributed by atoms with van der Waals surface area (Å²) in [6.45, 7) is 11.5. The standard InChI is InChI=1S/C17H25N3O2S2/c1-12(22-14(21)13-10-8-7-9-11-13)24-15(23)18-17(5,6)20-19-16(2,3)4/h7-12H,1-6H3,(H,18,23). The van der Waals surface area contributed by atoms with Gasteiger partial charge in [0, 0.05) is 0 Å². The van der Waals surface area contributed by atoms with Gasteiger partial charge in [-0.1, -0.05) is 42.2 Å². The molecule has 0 aromatic heterocycles. The van der Waals surface area contributed by atoms with E-state index < -0.39 is 11.1 Å². The van der Waals surface area contributed by atoms with Crippen molar-refractivity contribution < 1.29 is 9.53 Å². The van der Waals surface area contributed by atoms with Crippen molar-refractivity contribution in [2.24, 2.45) is 10.2 Å². The second-order valence-electron chi connectivity index (χ2n) is 6.80. The smallest absolute Gasteiger partial charge is 0.339 e. The van der Waals surface area contributed by atoms with E-state index in [1.165, 1.54) is 11.8 Å². The van der Waals surface area contributed by atoms with Gasteiger partial charge in [0.15, 0.2) is 5.44 Å². The molecule has 1 aromatic carbocycles. The summed E-state index contributed by atoms with van der Waals surface area (Å²) in [4.78, 5) is 12.0. The van der Waals surface area contributed by atoms with Gasteiger partial charge in [-0.2, -0.15) is 10.2 Å². The SMILES string of the molecule is CC(OC(=O)c1ccccc1)SC(=S)NC(C)(C)N=NC(C)(C)C. The molecule has 0 aliphatic heterocycles. The minimum absolute atomic E-state index is 0.244. The third kappa shape index (κ3) is 8.40. The van der Waals surface area contributed by atoms with Crippen molar-refractivity contribution in [3.8, 4) is 0 Å². The molecule has 0 heterocycles. The van der Waals surface area contributed by atoms with E-state index in [1.807, 2.05) is 40.7 Å². The molecule has 1 unspecified atom stereocenters. The Hall–Kier alpha value is -1.47. The molecule has 0 saturated carbocycles. The van der Waals surface area contributed by atoms with E-state index in [0.717, 1.165) is 0 Å². The zero-order valence-corrected chi connectivity index (χ0v) is 16.6. The Balaban J connectivity index is 2.52. The van der Waals surface area contributed by atoms with Gasteiger partial charge in [0.25, 0.3) is 0 Å². The number of nitrogens with zero attached hydrogens (tertiary/aromatic N) is 2. The number of carbonyl (C=O) groups excluding carboxylic acids is 1. The molecule has 0 aliphatic carbocycles. The molecule has 1 N–H and O–H groups in total. The lowest BCUT2D eigenvalue weighted by atomic mass is 10.1. The first-order chi connectivity index (χ1) is 11.0. The van der Waals surface area contributed by atoms with Crippen molar-refractivity contribution in [2.75, 3.05) is 0 Å². The zero-order chi connectivity index (χ0) is 18.4. The molecule has 1 atom stereocenters. The highest BCUT2D eigenvalue weighted by Gasteiger charge is 2.21. The van der Waals surface area contributed by atoms with E-state index in [4.69, 9.17) is 17.0 Å². The molecule has 0 amide bonds. The monoisotopic (exact) mass is 367 g/mol. The lowest BCUT2D eigenvalue weighted by Gasteiger charge is -2.24. The molecule has 0 radical (unpaired) electrons. The molecular formula is C17H25N3O2S2. The van der Waals surface area contributed by atoms with Crippen molar-refractivity contribution >= 4 is 34.3 Å². The number of rotatable bonds is 5. The minimum atomic E-state index is -0.624. The maximum Gasteiger partial charge on any atom is 0.339 e. The van der Waals surface area contributed by atoms with Crippen LogP contribution in [0, 0.1) is 0 Å². The Bertz CT molecular complexity index is 596. The van der Waals surface area contributed by atoms with Gasteiger partial charge < -0.3 is 10.1 Å². The Morgan fingerprint density at radius 1 is 1.17 bits per heavy atom. The predicted molar refractivity (Wildman–Crippen MR) is 103 cm³/mol. The highest BCUT2D eigenvalue weighted by Crippen LogP contribution is 2.19. The lowest BCUT2D eigenvalue weighted by Crippen LogP contribution is -2.40. The van der Waals surface area contributed by atoms with Crippen LogP contribution in [0.2, 0.25) is 0 Å². The summed E-state index contributed by atoms with van der Waals surface area (Å²) >= 11 is 6.57. The van der Waals surface area contributed by atoms with Crippen LogP contribution in [-0.4, -0.2) is 26.9 Å². The molecule has 1 aromatic rings. The van der Waals surface area contributed by atoms with Crippen LogP contribution in [0.15, 0.2) is 40.6 Å². The number of hydrogen-bond donors (Lipinski definition) is 1. The summed E-state index contributed by atoms with van der Waals surface area (Å²) in [5, 5.41) is 11.7. The van der Waals surface area contributed by atoms with Gasteiger partial charge in [-0.25, -0.2) is 4.79 Å². The fraction of sp³-hybridized carbons (Fsp3) is 0.529. The van der Waals surface area contributed by atoms with E-state index in [1.54, 1.807) is 31.2 Å². The average Bonchev–Trinajstić information content (AvgIpc) is 2.44. The number of benzene rings is 1. The van der Waals surface area contributed by atoms with Gasteiger partial charge in [-0.15, -0.1) is 0 Å². The molecule has 7 heteroatoms. The summed E-state index contributed by atoms with van der Waals surface area (Å²) in [6, 6.07) is 8.87. The highest BCUT2D eigenvalue weighted by molar-refractivity contribution is 8.23. The summed E-state index contributed by atoms with van der Waals surface area (Å²) in [7, 11) is 0. The predicted octanol–water partition coefficient (Wildman–Crippen LogP) is 4.78. The number of thiocarbonyl (C=S) groups is 1. The van der Waals surface area contributed by atoms with Crippen molar-refractivity contribution in [1.82, 2.24) is 5.32 Å². The van der Waals surface area contributed by atoms with Crippen LogP contribution in [0.5, 0.6) is 0 Å². The van der Waals surface area contributed by atoms with E-state index in [0.29, 0.717) is 9.88 Å². The number of esters is 1. The molecule has 24 heavy (non-hydrogen) atoms. The van der Waals surface area contributed by atoms with Crippen molar-refractivity contribution in [3.63, 3.8) is 0 Å². The fourth-order valence-corrected chi connectivity index (χ4v) is 2.95. The van der Waals surface area contributed by atoms with Gasteiger partial charge in [0.05, 0.1) is 11.1 Å². The number of azo groups is 1. The van der Waals surface area contributed by atoms with Gasteiger partial charge in [-0.3, -0.25) is 0 Å². The minimum Gasteiger partial charge on any atom is -0.448 e. The van der Waals surface area contributed by atoms with E-state index in [2.05, 4.69) is 15.5 Å². The van der Waals surface area contributed by atoms with Crippen LogP contribution in [-0.2, 0) is 4.74 Å². The molecule has 1 rings (SSSR count). The van der Waals surface area contributed by atoms with Crippen molar-refractivity contribution in [1.29, 1.82) is 0 Å². The second kappa shape index (κ2) is 8.58. The number of nitrogens with one attached hydrogen (secondary N) is 1. The Morgan fingerprint density at radius 2 is 1.75 bits per heavy atom. The number of carbonyl (C=O) groups is 1. The molecular weight excluding hydrogens is 342 g/mol. The Labute approximate surface area is 153 Å². The van der Waals surface area contributed by atoms with Crippen LogP contribution in [0.3, 0.4) is 0 Å². The first-order valence-electron chi connectivity index (χ1n) is 7.67. The first-order valence-corrected chi connectivity index (χ1v) is 8.96. The van der Waals surface area contributed by atoms with Gasteiger partial charge in [0.1, 0.15) is 9.98 Å². The van der Waals surface area contributed by atoms with E-state index >= 15 is 0 Å². The number of thioether (sulfide) groups is 1. The normalized spacial score (nSPS) is 13.6. The van der Waals surface area contributed by atoms with Crippen LogP contribution < -0.4 is 5.32 Å². The number of hydrogen-bond acceptors (Lipinski definition) is 6.